The molecule has 128 valence electrons. The first-order chi connectivity index (χ1) is 11.4. The molecule has 0 aliphatic carbocycles. The smallest absolute Gasteiger partial charge is 0.261 e. The van der Waals surface area contributed by atoms with E-state index in [0.717, 1.165) is 17.7 Å². The summed E-state index contributed by atoms with van der Waals surface area (Å²) in [5.41, 5.74) is 4.63. The highest BCUT2D eigenvalue weighted by molar-refractivity contribution is 5.81. The monoisotopic (exact) mass is 325 g/mol. The van der Waals surface area contributed by atoms with Crippen molar-refractivity contribution in [1.82, 2.24) is 5.32 Å². The summed E-state index contributed by atoms with van der Waals surface area (Å²) >= 11 is 0. The van der Waals surface area contributed by atoms with Crippen LogP contribution in [0.15, 0.2) is 42.5 Å². The molecule has 1 amide bonds. The van der Waals surface area contributed by atoms with Gasteiger partial charge in [-0.2, -0.15) is 0 Å². The Morgan fingerprint density at radius 2 is 1.79 bits per heavy atom. The zero-order valence-electron chi connectivity index (χ0n) is 15.2. The summed E-state index contributed by atoms with van der Waals surface area (Å²) in [6, 6.07) is 14.1. The highest BCUT2D eigenvalue weighted by atomic mass is 16.5. The van der Waals surface area contributed by atoms with Crippen molar-refractivity contribution >= 4 is 5.91 Å². The summed E-state index contributed by atoms with van der Waals surface area (Å²) < 4.78 is 5.83. The predicted octanol–water partition coefficient (Wildman–Crippen LogP) is 4.65. The van der Waals surface area contributed by atoms with Gasteiger partial charge in [0.25, 0.3) is 5.91 Å². The van der Waals surface area contributed by atoms with Crippen LogP contribution in [-0.4, -0.2) is 12.0 Å². The SMILES string of the molecule is CC[C@H](NC(=O)[C@H](C)Oc1ccccc1C)c1ccc(C)cc1C. The summed E-state index contributed by atoms with van der Waals surface area (Å²) in [6.07, 6.45) is 0.304. The maximum absolute atomic E-state index is 12.5. The molecule has 24 heavy (non-hydrogen) atoms. The van der Waals surface area contributed by atoms with Gasteiger partial charge in [-0.15, -0.1) is 0 Å². The fourth-order valence-electron chi connectivity index (χ4n) is 2.84. The first-order valence-corrected chi connectivity index (χ1v) is 8.52. The molecule has 0 radical (unpaired) electrons. The largest absolute Gasteiger partial charge is 0.481 e. The molecule has 3 heteroatoms. The highest BCUT2D eigenvalue weighted by Gasteiger charge is 2.20. The van der Waals surface area contributed by atoms with E-state index in [0.29, 0.717) is 0 Å². The average molecular weight is 325 g/mol. The average Bonchev–Trinajstić information content (AvgIpc) is 2.55. The Labute approximate surface area is 145 Å². The minimum absolute atomic E-state index is 0.000945. The zero-order chi connectivity index (χ0) is 17.7. The second-order valence-electron chi connectivity index (χ2n) is 6.36. The molecule has 0 heterocycles. The van der Waals surface area contributed by atoms with Crippen LogP contribution in [-0.2, 0) is 4.79 Å². The summed E-state index contributed by atoms with van der Waals surface area (Å²) in [4.78, 5) is 12.5. The topological polar surface area (TPSA) is 38.3 Å². The normalized spacial score (nSPS) is 13.2. The van der Waals surface area contributed by atoms with E-state index < -0.39 is 6.10 Å². The van der Waals surface area contributed by atoms with Crippen molar-refractivity contribution in [3.63, 3.8) is 0 Å². The molecule has 0 saturated carbocycles. The van der Waals surface area contributed by atoms with Crippen molar-refractivity contribution in [3.05, 3.63) is 64.7 Å². The van der Waals surface area contributed by atoms with Crippen LogP contribution in [0.3, 0.4) is 0 Å². The van der Waals surface area contributed by atoms with Crippen molar-refractivity contribution in [2.24, 2.45) is 0 Å². The zero-order valence-corrected chi connectivity index (χ0v) is 15.2. The quantitative estimate of drug-likeness (QED) is 0.840. The summed E-state index contributed by atoms with van der Waals surface area (Å²) in [5.74, 6) is 0.657. The highest BCUT2D eigenvalue weighted by Crippen LogP contribution is 2.23. The number of hydrogen-bond acceptors (Lipinski definition) is 2. The Morgan fingerprint density at radius 3 is 2.42 bits per heavy atom. The fourth-order valence-corrected chi connectivity index (χ4v) is 2.84. The van der Waals surface area contributed by atoms with E-state index in [9.17, 15) is 4.79 Å². The number of amides is 1. The van der Waals surface area contributed by atoms with Gasteiger partial charge in [-0.05, 0) is 56.9 Å². The van der Waals surface area contributed by atoms with Crippen LogP contribution in [0.5, 0.6) is 5.75 Å². The van der Waals surface area contributed by atoms with Crippen molar-refractivity contribution in [3.8, 4) is 5.75 Å². The van der Waals surface area contributed by atoms with E-state index in [2.05, 4.69) is 44.3 Å². The summed E-state index contributed by atoms with van der Waals surface area (Å²) in [7, 11) is 0. The number of carbonyl (C=O) groups is 1. The van der Waals surface area contributed by atoms with Gasteiger partial charge in [0.1, 0.15) is 5.75 Å². The Kier molecular flexibility index (Phi) is 6.02. The molecule has 0 fully saturated rings. The molecule has 0 bridgehead atoms. The number of ether oxygens (including phenoxy) is 1. The molecule has 0 aliphatic rings. The van der Waals surface area contributed by atoms with Crippen LogP contribution >= 0.6 is 0 Å². The molecule has 2 aromatic rings. The molecular weight excluding hydrogens is 298 g/mol. The van der Waals surface area contributed by atoms with E-state index in [4.69, 9.17) is 4.74 Å². The molecule has 0 saturated heterocycles. The molecule has 2 atom stereocenters. The van der Waals surface area contributed by atoms with Gasteiger partial charge in [0.05, 0.1) is 6.04 Å². The van der Waals surface area contributed by atoms with E-state index in [1.165, 1.54) is 16.7 Å². The molecule has 0 aromatic heterocycles. The van der Waals surface area contributed by atoms with Gasteiger partial charge >= 0.3 is 0 Å². The number of benzene rings is 2. The molecular formula is C21H27NO2. The standard InChI is InChI=1S/C21H27NO2/c1-6-19(18-12-11-14(2)13-16(18)4)22-21(23)17(5)24-20-10-8-7-9-15(20)3/h7-13,17,19H,6H2,1-5H3,(H,22,23)/t17-,19-/m0/s1. The minimum Gasteiger partial charge on any atom is -0.481 e. The second kappa shape index (κ2) is 8.00. The summed E-state index contributed by atoms with van der Waals surface area (Å²) in [6.45, 7) is 10.0. The Bertz CT molecular complexity index is 709. The first-order valence-electron chi connectivity index (χ1n) is 8.52. The molecule has 1 N–H and O–H groups in total. The lowest BCUT2D eigenvalue weighted by atomic mass is 9.97. The third-order valence-corrected chi connectivity index (χ3v) is 4.29. The third-order valence-electron chi connectivity index (χ3n) is 4.29. The van der Waals surface area contributed by atoms with E-state index >= 15 is 0 Å². The van der Waals surface area contributed by atoms with Crippen molar-refractivity contribution < 1.29 is 9.53 Å². The number of nitrogens with one attached hydrogen (secondary N) is 1. The van der Waals surface area contributed by atoms with Crippen LogP contribution < -0.4 is 10.1 Å². The van der Waals surface area contributed by atoms with Crippen molar-refractivity contribution in [2.45, 2.75) is 53.2 Å². The molecule has 0 aliphatic heterocycles. The number of aryl methyl sites for hydroxylation is 3. The molecule has 2 rings (SSSR count). The third kappa shape index (κ3) is 4.38. The molecule has 3 nitrogen and oxygen atoms in total. The van der Waals surface area contributed by atoms with Crippen LogP contribution in [0.25, 0.3) is 0 Å². The maximum atomic E-state index is 12.5. The van der Waals surface area contributed by atoms with Gasteiger partial charge in [0.15, 0.2) is 6.10 Å². The lowest BCUT2D eigenvalue weighted by Gasteiger charge is -2.23. The molecule has 0 spiro atoms. The lowest BCUT2D eigenvalue weighted by Crippen LogP contribution is -2.38. The Morgan fingerprint density at radius 1 is 1.08 bits per heavy atom. The van der Waals surface area contributed by atoms with Crippen molar-refractivity contribution in [1.29, 1.82) is 0 Å². The van der Waals surface area contributed by atoms with Crippen LogP contribution in [0.2, 0.25) is 0 Å². The van der Waals surface area contributed by atoms with E-state index in [1.54, 1.807) is 6.92 Å². The van der Waals surface area contributed by atoms with Crippen LogP contribution in [0.1, 0.15) is 48.6 Å². The lowest BCUT2D eigenvalue weighted by molar-refractivity contribution is -0.128. The molecule has 0 unspecified atom stereocenters. The number of hydrogen-bond donors (Lipinski definition) is 1. The minimum atomic E-state index is -0.536. The van der Waals surface area contributed by atoms with Gasteiger partial charge in [-0.1, -0.05) is 48.9 Å². The predicted molar refractivity (Wildman–Crippen MR) is 98.4 cm³/mol. The number of carbonyl (C=O) groups excluding carboxylic acids is 1. The van der Waals surface area contributed by atoms with Gasteiger partial charge in [0.2, 0.25) is 0 Å². The fraction of sp³-hybridized carbons (Fsp3) is 0.381. The second-order valence-corrected chi connectivity index (χ2v) is 6.36. The van der Waals surface area contributed by atoms with E-state index in [1.807, 2.05) is 31.2 Å². The van der Waals surface area contributed by atoms with Gasteiger partial charge < -0.3 is 10.1 Å². The van der Waals surface area contributed by atoms with Gasteiger partial charge in [-0.25, -0.2) is 0 Å². The van der Waals surface area contributed by atoms with Crippen LogP contribution in [0.4, 0.5) is 0 Å². The number of rotatable bonds is 6. The van der Waals surface area contributed by atoms with Gasteiger partial charge in [-0.3, -0.25) is 4.79 Å². The van der Waals surface area contributed by atoms with Crippen molar-refractivity contribution in [2.75, 3.05) is 0 Å². The van der Waals surface area contributed by atoms with Gasteiger partial charge in [0, 0.05) is 0 Å². The first kappa shape index (κ1) is 18.1. The Balaban J connectivity index is 2.07. The van der Waals surface area contributed by atoms with Crippen LogP contribution in [0, 0.1) is 20.8 Å². The maximum Gasteiger partial charge on any atom is 0.261 e. The number of para-hydroxylation sites is 1. The Hall–Kier alpha value is -2.29. The summed E-state index contributed by atoms with van der Waals surface area (Å²) in [5, 5.41) is 3.12. The van der Waals surface area contributed by atoms with E-state index in [-0.39, 0.29) is 11.9 Å². The molecule has 2 aromatic carbocycles.